The summed E-state index contributed by atoms with van der Waals surface area (Å²) in [6, 6.07) is 5.43. The number of nitrogens with two attached hydrogens (primary N) is 2. The van der Waals surface area contributed by atoms with Gasteiger partial charge in [0.25, 0.3) is 0 Å². The number of Topliss-reactive ketones (excluding diaryl/α,β-unsaturated/α-hetero) is 1. The van der Waals surface area contributed by atoms with Gasteiger partial charge in [0.05, 0.1) is 23.9 Å². The number of hydrogen-bond acceptors (Lipinski definition) is 5. The summed E-state index contributed by atoms with van der Waals surface area (Å²) < 4.78 is 0. The molecule has 1 aromatic heterocycles. The van der Waals surface area contributed by atoms with E-state index in [1.807, 2.05) is 12.1 Å². The molecule has 6 heteroatoms. The Hall–Kier alpha value is -2.47. The average molecular weight is 257 g/mol. The van der Waals surface area contributed by atoms with Crippen LogP contribution in [-0.4, -0.2) is 28.0 Å². The van der Waals surface area contributed by atoms with Crippen LogP contribution in [0.3, 0.4) is 0 Å². The molecule has 0 amide bonds. The minimum absolute atomic E-state index is 0.0549. The Labute approximate surface area is 110 Å². The SMILES string of the molecule is CC(=O)c1ccc(-c2cnc[nH]2)cc1/C(CN)=N\N. The van der Waals surface area contributed by atoms with Crippen molar-refractivity contribution in [2.75, 3.05) is 6.54 Å². The van der Waals surface area contributed by atoms with Gasteiger partial charge >= 0.3 is 0 Å². The van der Waals surface area contributed by atoms with Gasteiger partial charge in [-0.15, -0.1) is 0 Å². The van der Waals surface area contributed by atoms with E-state index in [2.05, 4.69) is 15.1 Å². The molecule has 5 N–H and O–H groups in total. The molecule has 0 saturated heterocycles. The Bertz CT molecular complexity index is 616. The molecule has 0 radical (unpaired) electrons. The van der Waals surface area contributed by atoms with Gasteiger partial charge in [-0.1, -0.05) is 12.1 Å². The van der Waals surface area contributed by atoms with Gasteiger partial charge in [-0.3, -0.25) is 4.79 Å². The third kappa shape index (κ3) is 2.53. The number of ketones is 1. The minimum atomic E-state index is -0.0549. The quantitative estimate of drug-likeness (QED) is 0.327. The van der Waals surface area contributed by atoms with Crippen molar-refractivity contribution in [3.63, 3.8) is 0 Å². The van der Waals surface area contributed by atoms with Crippen LogP contribution in [0, 0.1) is 0 Å². The summed E-state index contributed by atoms with van der Waals surface area (Å²) in [6.45, 7) is 1.67. The number of aromatic nitrogens is 2. The number of hydrogen-bond donors (Lipinski definition) is 3. The first kappa shape index (κ1) is 13.0. The summed E-state index contributed by atoms with van der Waals surface area (Å²) in [7, 11) is 0. The average Bonchev–Trinajstić information content (AvgIpc) is 2.93. The smallest absolute Gasteiger partial charge is 0.160 e. The van der Waals surface area contributed by atoms with Crippen LogP contribution in [0.2, 0.25) is 0 Å². The van der Waals surface area contributed by atoms with Crippen LogP contribution < -0.4 is 11.6 Å². The van der Waals surface area contributed by atoms with Crippen molar-refractivity contribution in [3.05, 3.63) is 41.9 Å². The van der Waals surface area contributed by atoms with Crippen molar-refractivity contribution in [3.8, 4) is 11.3 Å². The molecule has 0 aliphatic heterocycles. The number of imidazole rings is 1. The number of carbonyl (C=O) groups excluding carboxylic acids is 1. The van der Waals surface area contributed by atoms with Crippen LogP contribution in [0.15, 0.2) is 35.8 Å². The number of nitrogens with zero attached hydrogens (tertiary/aromatic N) is 2. The molecule has 0 saturated carbocycles. The van der Waals surface area contributed by atoms with Gasteiger partial charge in [-0.05, 0) is 13.0 Å². The number of nitrogens with one attached hydrogen (secondary N) is 1. The zero-order chi connectivity index (χ0) is 13.8. The van der Waals surface area contributed by atoms with E-state index in [-0.39, 0.29) is 12.3 Å². The summed E-state index contributed by atoms with van der Waals surface area (Å²) in [5.74, 6) is 5.27. The predicted molar refractivity (Wildman–Crippen MR) is 73.8 cm³/mol. The normalized spacial score (nSPS) is 11.6. The number of carbonyl (C=O) groups is 1. The largest absolute Gasteiger partial charge is 0.345 e. The maximum atomic E-state index is 11.6. The van der Waals surface area contributed by atoms with E-state index in [4.69, 9.17) is 11.6 Å². The van der Waals surface area contributed by atoms with Crippen molar-refractivity contribution in [1.82, 2.24) is 9.97 Å². The Morgan fingerprint density at radius 2 is 2.21 bits per heavy atom. The molecule has 1 heterocycles. The zero-order valence-electron chi connectivity index (χ0n) is 10.6. The van der Waals surface area contributed by atoms with E-state index < -0.39 is 0 Å². The lowest BCUT2D eigenvalue weighted by Crippen LogP contribution is -2.19. The van der Waals surface area contributed by atoms with E-state index in [0.29, 0.717) is 16.8 Å². The Balaban J connectivity index is 2.59. The predicted octanol–water partition coefficient (Wildman–Crippen LogP) is 0.901. The molecule has 1 aromatic carbocycles. The first-order valence-corrected chi connectivity index (χ1v) is 5.78. The van der Waals surface area contributed by atoms with E-state index in [0.717, 1.165) is 11.3 Å². The van der Waals surface area contributed by atoms with Crippen LogP contribution >= 0.6 is 0 Å². The molecule has 0 aliphatic rings. The fourth-order valence-corrected chi connectivity index (χ4v) is 1.90. The molecule has 0 bridgehead atoms. The highest BCUT2D eigenvalue weighted by atomic mass is 16.1. The Morgan fingerprint density at radius 1 is 1.42 bits per heavy atom. The van der Waals surface area contributed by atoms with E-state index in [1.165, 1.54) is 6.92 Å². The van der Waals surface area contributed by atoms with Crippen molar-refractivity contribution in [2.24, 2.45) is 16.7 Å². The van der Waals surface area contributed by atoms with Crippen molar-refractivity contribution in [2.45, 2.75) is 6.92 Å². The minimum Gasteiger partial charge on any atom is -0.345 e. The zero-order valence-corrected chi connectivity index (χ0v) is 10.6. The third-order valence-corrected chi connectivity index (χ3v) is 2.87. The molecule has 0 unspecified atom stereocenters. The van der Waals surface area contributed by atoms with Gasteiger partial charge in [0, 0.05) is 23.2 Å². The lowest BCUT2D eigenvalue weighted by Gasteiger charge is -2.10. The molecule has 2 rings (SSSR count). The molecule has 0 spiro atoms. The van der Waals surface area contributed by atoms with Crippen LogP contribution in [0.25, 0.3) is 11.3 Å². The van der Waals surface area contributed by atoms with E-state index >= 15 is 0 Å². The molecular formula is C13H15N5O. The fraction of sp³-hybridized carbons (Fsp3) is 0.154. The number of hydrazone groups is 1. The summed E-state index contributed by atoms with van der Waals surface area (Å²) in [6.07, 6.45) is 3.29. The topological polar surface area (TPSA) is 110 Å². The lowest BCUT2D eigenvalue weighted by atomic mass is 9.96. The first-order valence-electron chi connectivity index (χ1n) is 5.78. The molecule has 2 aromatic rings. The molecule has 6 nitrogen and oxygen atoms in total. The van der Waals surface area contributed by atoms with E-state index in [9.17, 15) is 4.79 Å². The van der Waals surface area contributed by atoms with Gasteiger partial charge in [-0.2, -0.15) is 5.10 Å². The van der Waals surface area contributed by atoms with Gasteiger partial charge in [-0.25, -0.2) is 4.98 Å². The number of benzene rings is 1. The Morgan fingerprint density at radius 3 is 2.74 bits per heavy atom. The second kappa shape index (κ2) is 5.45. The van der Waals surface area contributed by atoms with Crippen LogP contribution in [0.1, 0.15) is 22.8 Å². The molecule has 0 aliphatic carbocycles. The van der Waals surface area contributed by atoms with Gasteiger partial charge in [0.15, 0.2) is 5.78 Å². The fourth-order valence-electron chi connectivity index (χ4n) is 1.90. The summed E-state index contributed by atoms with van der Waals surface area (Å²) in [5.41, 5.74) is 9.06. The molecule has 0 fully saturated rings. The Kier molecular flexibility index (Phi) is 3.72. The number of aromatic amines is 1. The number of H-pyrrole nitrogens is 1. The van der Waals surface area contributed by atoms with Gasteiger partial charge < -0.3 is 16.6 Å². The van der Waals surface area contributed by atoms with Crippen LogP contribution in [-0.2, 0) is 0 Å². The monoisotopic (exact) mass is 257 g/mol. The lowest BCUT2D eigenvalue weighted by molar-refractivity contribution is 0.101. The second-order valence-electron chi connectivity index (χ2n) is 4.06. The van der Waals surface area contributed by atoms with Gasteiger partial charge in [0.1, 0.15) is 0 Å². The summed E-state index contributed by atoms with van der Waals surface area (Å²) in [5, 5.41) is 3.66. The maximum absolute atomic E-state index is 11.6. The first-order chi connectivity index (χ1) is 9.17. The van der Waals surface area contributed by atoms with Gasteiger partial charge in [0.2, 0.25) is 0 Å². The molecular weight excluding hydrogens is 242 g/mol. The molecule has 0 atom stereocenters. The van der Waals surface area contributed by atoms with Crippen molar-refractivity contribution >= 4 is 11.5 Å². The number of rotatable bonds is 4. The summed E-state index contributed by atoms with van der Waals surface area (Å²) >= 11 is 0. The highest BCUT2D eigenvalue weighted by molar-refractivity contribution is 6.11. The third-order valence-electron chi connectivity index (χ3n) is 2.87. The molecule has 98 valence electrons. The van der Waals surface area contributed by atoms with Crippen LogP contribution in [0.4, 0.5) is 0 Å². The van der Waals surface area contributed by atoms with Crippen molar-refractivity contribution < 1.29 is 4.79 Å². The summed E-state index contributed by atoms with van der Waals surface area (Å²) in [4.78, 5) is 18.6. The highest BCUT2D eigenvalue weighted by Gasteiger charge is 2.13. The molecule has 19 heavy (non-hydrogen) atoms. The highest BCUT2D eigenvalue weighted by Crippen LogP contribution is 2.21. The standard InChI is InChI=1S/C13H15N5O/c1-8(19)10-3-2-9(13-6-16-7-17-13)4-11(10)12(5-14)18-15/h2-4,6-7H,5,14-15H2,1H3,(H,16,17)/b18-12-. The van der Waals surface area contributed by atoms with Crippen molar-refractivity contribution in [1.29, 1.82) is 0 Å². The second-order valence-corrected chi connectivity index (χ2v) is 4.06. The maximum Gasteiger partial charge on any atom is 0.160 e. The van der Waals surface area contributed by atoms with E-state index in [1.54, 1.807) is 18.6 Å². The van der Waals surface area contributed by atoms with Crippen LogP contribution in [0.5, 0.6) is 0 Å².